The van der Waals surface area contributed by atoms with E-state index in [4.69, 9.17) is 16.7 Å². The second-order valence-electron chi connectivity index (χ2n) is 4.73. The second-order valence-corrected chi connectivity index (χ2v) is 5.20. The van der Waals surface area contributed by atoms with Gasteiger partial charge in [-0.05, 0) is 23.1 Å². The number of nitrogens with zero attached hydrogens (tertiary/aromatic N) is 1. The Balaban J connectivity index is 2.53. The van der Waals surface area contributed by atoms with Gasteiger partial charge in [0.2, 0.25) is 0 Å². The van der Waals surface area contributed by atoms with Crippen LogP contribution in [0.3, 0.4) is 0 Å². The number of rotatable bonds is 4. The monoisotopic (exact) mass is 266 g/mol. The summed E-state index contributed by atoms with van der Waals surface area (Å²) in [6.45, 7) is 4.07. The van der Waals surface area contributed by atoms with Gasteiger partial charge in [-0.15, -0.1) is 11.6 Å². The van der Waals surface area contributed by atoms with Crippen molar-refractivity contribution in [2.24, 2.45) is 5.92 Å². The highest BCUT2D eigenvalue weighted by Gasteiger charge is 2.16. The van der Waals surface area contributed by atoms with E-state index in [1.54, 1.807) is 6.20 Å². The van der Waals surface area contributed by atoms with E-state index in [0.29, 0.717) is 0 Å². The number of halogens is 1. The van der Waals surface area contributed by atoms with Gasteiger partial charge in [-0.2, -0.15) is 5.10 Å². The quantitative estimate of drug-likeness (QED) is 0.836. The van der Waals surface area contributed by atoms with Crippen LogP contribution < -0.4 is 0 Å². The maximum Gasteiger partial charge on any atom is 0.307 e. The molecule has 0 aliphatic rings. The molecule has 0 saturated carbocycles. The van der Waals surface area contributed by atoms with Crippen LogP contribution in [0.1, 0.15) is 30.4 Å². The molecule has 2 N–H and O–H groups in total. The number of carboxylic acids is 1. The van der Waals surface area contributed by atoms with Crippen molar-refractivity contribution in [3.05, 3.63) is 29.5 Å². The van der Waals surface area contributed by atoms with Crippen molar-refractivity contribution < 1.29 is 9.90 Å². The topological polar surface area (TPSA) is 66.0 Å². The van der Waals surface area contributed by atoms with Crippen molar-refractivity contribution in [2.75, 3.05) is 0 Å². The van der Waals surface area contributed by atoms with Crippen molar-refractivity contribution in [3.8, 4) is 0 Å². The Hall–Kier alpha value is -1.55. The normalized spacial score (nSPS) is 13.1. The summed E-state index contributed by atoms with van der Waals surface area (Å²) in [6, 6.07) is 3.81. The molecule has 0 aliphatic carbocycles. The van der Waals surface area contributed by atoms with Crippen molar-refractivity contribution in [1.29, 1.82) is 0 Å². The molecule has 1 aromatic heterocycles. The summed E-state index contributed by atoms with van der Waals surface area (Å²) in [5.74, 6) is -0.576. The minimum atomic E-state index is -0.862. The summed E-state index contributed by atoms with van der Waals surface area (Å²) in [6.07, 6.45) is 1.66. The van der Waals surface area contributed by atoms with E-state index in [1.807, 2.05) is 26.0 Å². The molecule has 4 nitrogen and oxygen atoms in total. The average molecular weight is 267 g/mol. The lowest BCUT2D eigenvalue weighted by Crippen LogP contribution is -2.04. The number of hydrogen-bond donors (Lipinski definition) is 2. The van der Waals surface area contributed by atoms with Gasteiger partial charge in [-0.3, -0.25) is 9.89 Å². The first kappa shape index (κ1) is 12.9. The van der Waals surface area contributed by atoms with E-state index in [0.717, 1.165) is 22.0 Å². The predicted molar refractivity (Wildman–Crippen MR) is 70.9 cm³/mol. The van der Waals surface area contributed by atoms with Gasteiger partial charge < -0.3 is 5.11 Å². The summed E-state index contributed by atoms with van der Waals surface area (Å²) in [5.41, 5.74) is 2.43. The highest BCUT2D eigenvalue weighted by atomic mass is 35.5. The maximum atomic E-state index is 10.9. The lowest BCUT2D eigenvalue weighted by molar-refractivity contribution is -0.136. The van der Waals surface area contributed by atoms with Crippen LogP contribution >= 0.6 is 11.6 Å². The summed E-state index contributed by atoms with van der Waals surface area (Å²) in [5, 5.41) is 16.5. The average Bonchev–Trinajstić information content (AvgIpc) is 2.75. The first-order valence-electron chi connectivity index (χ1n) is 5.80. The Morgan fingerprint density at radius 1 is 1.50 bits per heavy atom. The van der Waals surface area contributed by atoms with Gasteiger partial charge in [-0.25, -0.2) is 0 Å². The molecule has 18 heavy (non-hydrogen) atoms. The first-order chi connectivity index (χ1) is 8.49. The second kappa shape index (κ2) is 4.98. The number of carboxylic acid groups (broad SMARTS) is 1. The summed E-state index contributed by atoms with van der Waals surface area (Å²) >= 11 is 6.34. The molecule has 0 aliphatic heterocycles. The van der Waals surface area contributed by atoms with Crippen molar-refractivity contribution in [1.82, 2.24) is 10.2 Å². The van der Waals surface area contributed by atoms with E-state index < -0.39 is 5.97 Å². The molecule has 1 unspecified atom stereocenters. The molecule has 0 fully saturated rings. The van der Waals surface area contributed by atoms with Crippen LogP contribution in [0.4, 0.5) is 0 Å². The van der Waals surface area contributed by atoms with E-state index in [2.05, 4.69) is 10.2 Å². The van der Waals surface area contributed by atoms with Crippen LogP contribution in [-0.4, -0.2) is 21.3 Å². The number of carbonyl (C=O) groups is 1. The van der Waals surface area contributed by atoms with Gasteiger partial charge in [0, 0.05) is 5.39 Å². The van der Waals surface area contributed by atoms with Crippen LogP contribution in [0.2, 0.25) is 0 Å². The van der Waals surface area contributed by atoms with E-state index in [1.165, 1.54) is 0 Å². The number of hydrogen-bond acceptors (Lipinski definition) is 2. The molecule has 0 saturated heterocycles. The molecule has 1 aromatic carbocycles. The van der Waals surface area contributed by atoms with Gasteiger partial charge in [-0.1, -0.05) is 19.9 Å². The molecular formula is C13H15ClN2O2. The first-order valence-corrected chi connectivity index (χ1v) is 6.24. The summed E-state index contributed by atoms with van der Waals surface area (Å²) < 4.78 is 0. The Bertz CT molecular complexity index is 577. The van der Waals surface area contributed by atoms with Gasteiger partial charge >= 0.3 is 5.97 Å². The molecular weight excluding hydrogens is 252 g/mol. The molecule has 96 valence electrons. The number of benzene rings is 1. The zero-order valence-electron chi connectivity index (χ0n) is 10.3. The van der Waals surface area contributed by atoms with Crippen LogP contribution in [0.5, 0.6) is 0 Å². The molecule has 1 heterocycles. The van der Waals surface area contributed by atoms with Crippen LogP contribution in [0, 0.1) is 5.92 Å². The highest BCUT2D eigenvalue weighted by Crippen LogP contribution is 2.32. The van der Waals surface area contributed by atoms with E-state index in [-0.39, 0.29) is 17.7 Å². The number of alkyl halides is 1. The zero-order valence-corrected chi connectivity index (χ0v) is 11.0. The standard InChI is InChI=1S/C13H15ClN2O2/c1-7(2)12(14)8-3-9(5-11(17)18)13-10(4-8)6-15-16-13/h3-4,6-7,12H,5H2,1-2H3,(H,15,16)(H,17,18). The maximum absolute atomic E-state index is 10.9. The van der Waals surface area contributed by atoms with Crippen molar-refractivity contribution >= 4 is 28.5 Å². The van der Waals surface area contributed by atoms with Crippen molar-refractivity contribution in [2.45, 2.75) is 25.6 Å². The van der Waals surface area contributed by atoms with Gasteiger partial charge in [0.15, 0.2) is 0 Å². The van der Waals surface area contributed by atoms with Crippen LogP contribution in [-0.2, 0) is 11.2 Å². The minimum Gasteiger partial charge on any atom is -0.481 e. The zero-order chi connectivity index (χ0) is 13.3. The number of nitrogens with one attached hydrogen (secondary N) is 1. The fraction of sp³-hybridized carbons (Fsp3) is 0.385. The molecule has 0 radical (unpaired) electrons. The Kier molecular flexibility index (Phi) is 3.57. The SMILES string of the molecule is CC(C)C(Cl)c1cc(CC(=O)O)c2[nH]ncc2c1. The fourth-order valence-corrected chi connectivity index (χ4v) is 2.13. The van der Waals surface area contributed by atoms with Crippen LogP contribution in [0.15, 0.2) is 18.3 Å². The molecule has 2 aromatic rings. The summed E-state index contributed by atoms with van der Waals surface area (Å²) in [4.78, 5) is 10.9. The highest BCUT2D eigenvalue weighted by molar-refractivity contribution is 6.21. The van der Waals surface area contributed by atoms with Gasteiger partial charge in [0.05, 0.1) is 23.5 Å². The molecule has 0 bridgehead atoms. The Labute approximate surface area is 110 Å². The smallest absolute Gasteiger partial charge is 0.307 e. The number of aromatic nitrogens is 2. The third-order valence-corrected chi connectivity index (χ3v) is 3.65. The third-order valence-electron chi connectivity index (χ3n) is 2.90. The number of aliphatic carboxylic acids is 1. The predicted octanol–water partition coefficient (Wildman–Crippen LogP) is 3.13. The lowest BCUT2D eigenvalue weighted by atomic mass is 9.97. The van der Waals surface area contributed by atoms with E-state index in [9.17, 15) is 4.79 Å². The molecule has 0 amide bonds. The number of H-pyrrole nitrogens is 1. The lowest BCUT2D eigenvalue weighted by Gasteiger charge is -2.15. The van der Waals surface area contributed by atoms with Crippen molar-refractivity contribution in [3.63, 3.8) is 0 Å². The van der Waals surface area contributed by atoms with Crippen LogP contribution in [0.25, 0.3) is 10.9 Å². The summed E-state index contributed by atoms with van der Waals surface area (Å²) in [7, 11) is 0. The van der Waals surface area contributed by atoms with E-state index >= 15 is 0 Å². The molecule has 0 spiro atoms. The minimum absolute atomic E-state index is 0.0335. The molecule has 2 rings (SSSR count). The van der Waals surface area contributed by atoms with Gasteiger partial charge in [0.1, 0.15) is 0 Å². The largest absolute Gasteiger partial charge is 0.481 e. The number of aromatic amines is 1. The Morgan fingerprint density at radius 2 is 2.22 bits per heavy atom. The Morgan fingerprint density at radius 3 is 2.83 bits per heavy atom. The molecule has 1 atom stereocenters. The molecule has 5 heteroatoms. The van der Waals surface area contributed by atoms with Gasteiger partial charge in [0.25, 0.3) is 0 Å². The number of fused-ring (bicyclic) bond motifs is 1. The third kappa shape index (κ3) is 2.48. The fourth-order valence-electron chi connectivity index (χ4n) is 2.00.